The summed E-state index contributed by atoms with van der Waals surface area (Å²) in [6, 6.07) is 21.4. The first-order valence-electron chi connectivity index (χ1n) is 10.9. The number of amides is 4. The third kappa shape index (κ3) is 5.44. The van der Waals surface area contributed by atoms with Gasteiger partial charge < -0.3 is 9.47 Å². The number of nitrogens with zero attached hydrogens (tertiary/aromatic N) is 1. The van der Waals surface area contributed by atoms with Gasteiger partial charge in [-0.1, -0.05) is 54.6 Å². The fourth-order valence-corrected chi connectivity index (χ4v) is 3.47. The highest BCUT2D eigenvalue weighted by Gasteiger charge is 2.35. The Morgan fingerprint density at radius 3 is 2.29 bits per heavy atom. The number of esters is 1. The molecule has 1 aliphatic heterocycles. The topological polar surface area (TPSA) is 102 Å². The molecule has 4 rings (SSSR count). The molecular weight excluding hydrogens is 448 g/mol. The fourth-order valence-electron chi connectivity index (χ4n) is 3.47. The molecule has 1 fully saturated rings. The van der Waals surface area contributed by atoms with Crippen molar-refractivity contribution in [3.63, 3.8) is 0 Å². The summed E-state index contributed by atoms with van der Waals surface area (Å²) in [5, 5.41) is 2.20. The van der Waals surface area contributed by atoms with Crippen LogP contribution < -0.4 is 14.8 Å². The van der Waals surface area contributed by atoms with Crippen molar-refractivity contribution in [3.05, 3.63) is 101 Å². The molecule has 0 radical (unpaired) electrons. The van der Waals surface area contributed by atoms with E-state index in [0.717, 1.165) is 10.5 Å². The molecule has 1 saturated heterocycles. The zero-order valence-electron chi connectivity index (χ0n) is 18.9. The van der Waals surface area contributed by atoms with E-state index in [4.69, 9.17) is 9.47 Å². The molecule has 0 aromatic heterocycles. The van der Waals surface area contributed by atoms with Crippen LogP contribution in [0.5, 0.6) is 11.5 Å². The monoisotopic (exact) mass is 470 g/mol. The fraction of sp³-hybridized carbons (Fsp3) is 0.111. The maximum atomic E-state index is 13.0. The maximum Gasteiger partial charge on any atom is 0.343 e. The van der Waals surface area contributed by atoms with Gasteiger partial charge in [-0.15, -0.1) is 0 Å². The second-order valence-electron chi connectivity index (χ2n) is 7.59. The van der Waals surface area contributed by atoms with Crippen molar-refractivity contribution in [2.75, 3.05) is 6.61 Å². The number of carbonyl (C=O) groups excluding carboxylic acids is 4. The van der Waals surface area contributed by atoms with E-state index in [0.29, 0.717) is 17.7 Å². The van der Waals surface area contributed by atoms with Gasteiger partial charge >= 0.3 is 12.0 Å². The Morgan fingerprint density at radius 2 is 1.60 bits per heavy atom. The van der Waals surface area contributed by atoms with Gasteiger partial charge in [-0.05, 0) is 48.4 Å². The molecule has 1 heterocycles. The largest absolute Gasteiger partial charge is 0.490 e. The number of nitrogens with one attached hydrogen (secondary N) is 1. The third-order valence-electron chi connectivity index (χ3n) is 5.16. The molecule has 35 heavy (non-hydrogen) atoms. The van der Waals surface area contributed by atoms with Crippen molar-refractivity contribution in [2.24, 2.45) is 0 Å². The quantitative estimate of drug-likeness (QED) is 0.243. The van der Waals surface area contributed by atoms with Gasteiger partial charge in [-0.3, -0.25) is 19.8 Å². The van der Waals surface area contributed by atoms with E-state index in [1.165, 1.54) is 12.1 Å². The van der Waals surface area contributed by atoms with Crippen LogP contribution in [0, 0.1) is 0 Å². The molecule has 0 spiro atoms. The minimum atomic E-state index is -0.790. The molecule has 3 aromatic carbocycles. The zero-order chi connectivity index (χ0) is 24.8. The van der Waals surface area contributed by atoms with Gasteiger partial charge in [0, 0.05) is 0 Å². The summed E-state index contributed by atoms with van der Waals surface area (Å²) in [7, 11) is 0. The molecule has 1 aliphatic rings. The molecule has 4 amide bonds. The minimum Gasteiger partial charge on any atom is -0.490 e. The van der Waals surface area contributed by atoms with Crippen molar-refractivity contribution in [2.45, 2.75) is 13.5 Å². The summed E-state index contributed by atoms with van der Waals surface area (Å²) >= 11 is 0. The lowest BCUT2D eigenvalue weighted by Gasteiger charge is -2.26. The predicted molar refractivity (Wildman–Crippen MR) is 128 cm³/mol. The second kappa shape index (κ2) is 10.5. The van der Waals surface area contributed by atoms with Gasteiger partial charge in [0.15, 0.2) is 11.5 Å². The van der Waals surface area contributed by atoms with E-state index in [9.17, 15) is 19.2 Å². The highest BCUT2D eigenvalue weighted by molar-refractivity contribution is 6.31. The highest BCUT2D eigenvalue weighted by atomic mass is 16.6. The first kappa shape index (κ1) is 23.4. The lowest BCUT2D eigenvalue weighted by molar-refractivity contribution is -0.130. The summed E-state index contributed by atoms with van der Waals surface area (Å²) in [5.41, 5.74) is 1.39. The third-order valence-corrected chi connectivity index (χ3v) is 5.16. The van der Waals surface area contributed by atoms with Crippen LogP contribution in [-0.4, -0.2) is 35.3 Å². The van der Waals surface area contributed by atoms with Gasteiger partial charge in [0.1, 0.15) is 5.57 Å². The van der Waals surface area contributed by atoms with Gasteiger partial charge in [0.05, 0.1) is 18.7 Å². The Morgan fingerprint density at radius 1 is 0.914 bits per heavy atom. The first-order chi connectivity index (χ1) is 17.0. The molecule has 0 atom stereocenters. The van der Waals surface area contributed by atoms with Gasteiger partial charge in [0.2, 0.25) is 0 Å². The van der Waals surface area contributed by atoms with Crippen LogP contribution in [0.2, 0.25) is 0 Å². The average Bonchev–Trinajstić information content (AvgIpc) is 2.87. The molecular formula is C27H22N2O6. The SMILES string of the molecule is CCOc1cc(C=C2C(=O)NC(=O)N(Cc3ccccc3)C2=O)ccc1OC(=O)c1ccccc1. The number of rotatable bonds is 7. The lowest BCUT2D eigenvalue weighted by atomic mass is 10.1. The van der Waals surface area contributed by atoms with Crippen molar-refractivity contribution in [1.82, 2.24) is 10.2 Å². The van der Waals surface area contributed by atoms with Crippen LogP contribution in [0.4, 0.5) is 4.79 Å². The maximum absolute atomic E-state index is 13.0. The summed E-state index contributed by atoms with van der Waals surface area (Å²) in [6.07, 6.45) is 1.37. The molecule has 1 N–H and O–H groups in total. The van der Waals surface area contributed by atoms with Crippen molar-refractivity contribution >= 4 is 29.9 Å². The average molecular weight is 470 g/mol. The number of barbiturate groups is 1. The highest BCUT2D eigenvalue weighted by Crippen LogP contribution is 2.30. The second-order valence-corrected chi connectivity index (χ2v) is 7.59. The van der Waals surface area contributed by atoms with E-state index >= 15 is 0 Å². The Labute approximate surface area is 201 Å². The van der Waals surface area contributed by atoms with Crippen molar-refractivity contribution in [3.8, 4) is 11.5 Å². The predicted octanol–water partition coefficient (Wildman–Crippen LogP) is 3.97. The zero-order valence-corrected chi connectivity index (χ0v) is 18.9. The minimum absolute atomic E-state index is 0.0225. The smallest absolute Gasteiger partial charge is 0.343 e. The Balaban J connectivity index is 1.60. The van der Waals surface area contributed by atoms with Gasteiger partial charge in [-0.2, -0.15) is 0 Å². The van der Waals surface area contributed by atoms with Crippen LogP contribution in [-0.2, 0) is 16.1 Å². The lowest BCUT2D eigenvalue weighted by Crippen LogP contribution is -2.53. The van der Waals surface area contributed by atoms with Crippen LogP contribution in [0.3, 0.4) is 0 Å². The number of hydrogen-bond donors (Lipinski definition) is 1. The Hall–Kier alpha value is -4.72. The summed E-state index contributed by atoms with van der Waals surface area (Å²) < 4.78 is 11.1. The molecule has 0 bridgehead atoms. The summed E-state index contributed by atoms with van der Waals surface area (Å²) in [4.78, 5) is 51.2. The molecule has 8 heteroatoms. The molecule has 0 unspecified atom stereocenters. The summed E-state index contributed by atoms with van der Waals surface area (Å²) in [6.45, 7) is 2.10. The number of urea groups is 1. The van der Waals surface area contributed by atoms with Crippen molar-refractivity contribution < 1.29 is 28.7 Å². The Kier molecular flexibility index (Phi) is 7.02. The van der Waals surface area contributed by atoms with E-state index in [1.54, 1.807) is 73.7 Å². The van der Waals surface area contributed by atoms with E-state index < -0.39 is 23.8 Å². The number of benzene rings is 3. The number of hydrogen-bond acceptors (Lipinski definition) is 6. The normalized spacial score (nSPS) is 14.6. The molecule has 3 aromatic rings. The van der Waals surface area contributed by atoms with E-state index in [2.05, 4.69) is 5.32 Å². The van der Waals surface area contributed by atoms with E-state index in [-0.39, 0.29) is 23.6 Å². The van der Waals surface area contributed by atoms with Gasteiger partial charge in [-0.25, -0.2) is 9.59 Å². The van der Waals surface area contributed by atoms with Crippen molar-refractivity contribution in [1.29, 1.82) is 0 Å². The molecule has 0 saturated carbocycles. The van der Waals surface area contributed by atoms with Crippen LogP contribution in [0.1, 0.15) is 28.4 Å². The number of imide groups is 2. The van der Waals surface area contributed by atoms with Crippen LogP contribution >= 0.6 is 0 Å². The molecule has 176 valence electrons. The van der Waals surface area contributed by atoms with Gasteiger partial charge in [0.25, 0.3) is 11.8 Å². The first-order valence-corrected chi connectivity index (χ1v) is 10.9. The number of carbonyl (C=O) groups is 4. The van der Waals surface area contributed by atoms with Crippen LogP contribution in [0.25, 0.3) is 6.08 Å². The standard InChI is InChI=1S/C27H22N2O6/c1-2-34-23-16-19(13-14-22(23)35-26(32)20-11-7-4-8-12-20)15-21-24(30)28-27(33)29(25(21)31)17-18-9-5-3-6-10-18/h3-16H,2,17H2,1H3,(H,28,30,33). The van der Waals surface area contributed by atoms with E-state index in [1.807, 2.05) is 6.07 Å². The van der Waals surface area contributed by atoms with Crippen LogP contribution in [0.15, 0.2) is 84.4 Å². The molecule has 0 aliphatic carbocycles. The summed E-state index contributed by atoms with van der Waals surface area (Å²) in [5.74, 6) is -1.58. The Bertz CT molecular complexity index is 1300. The molecule has 8 nitrogen and oxygen atoms in total. The number of ether oxygens (including phenoxy) is 2.